The second-order valence-electron chi connectivity index (χ2n) is 5.09. The SMILES string of the molecule is COC(=O)C(CC(C)C)NC(=O)N1CC(C(=O)O)C1. The Labute approximate surface area is 111 Å². The summed E-state index contributed by atoms with van der Waals surface area (Å²) in [5.74, 6) is -1.67. The molecule has 0 spiro atoms. The lowest BCUT2D eigenvalue weighted by Gasteiger charge is -2.37. The van der Waals surface area contributed by atoms with Crippen molar-refractivity contribution in [3.05, 3.63) is 0 Å². The van der Waals surface area contributed by atoms with Crippen LogP contribution < -0.4 is 5.32 Å². The van der Waals surface area contributed by atoms with Crippen LogP contribution in [0.1, 0.15) is 20.3 Å². The number of hydrogen-bond donors (Lipinski definition) is 2. The van der Waals surface area contributed by atoms with E-state index in [1.54, 1.807) is 0 Å². The Morgan fingerprint density at radius 2 is 1.95 bits per heavy atom. The first kappa shape index (κ1) is 15.3. The zero-order chi connectivity index (χ0) is 14.6. The van der Waals surface area contributed by atoms with E-state index in [1.807, 2.05) is 13.8 Å². The van der Waals surface area contributed by atoms with Crippen LogP contribution in [-0.4, -0.2) is 54.2 Å². The molecular formula is C12H20N2O5. The molecule has 1 saturated heterocycles. The van der Waals surface area contributed by atoms with Crippen LogP contribution in [-0.2, 0) is 14.3 Å². The molecule has 1 rings (SSSR count). The molecule has 0 aromatic rings. The quantitative estimate of drug-likeness (QED) is 0.702. The topological polar surface area (TPSA) is 95.9 Å². The molecule has 7 nitrogen and oxygen atoms in total. The number of nitrogens with zero attached hydrogens (tertiary/aromatic N) is 1. The van der Waals surface area contributed by atoms with Crippen molar-refractivity contribution in [1.82, 2.24) is 10.2 Å². The van der Waals surface area contributed by atoms with Crippen LogP contribution in [0.15, 0.2) is 0 Å². The van der Waals surface area contributed by atoms with Crippen LogP contribution in [0.3, 0.4) is 0 Å². The van der Waals surface area contributed by atoms with Crippen molar-refractivity contribution in [3.8, 4) is 0 Å². The number of carbonyl (C=O) groups is 3. The molecule has 1 aliphatic rings. The Kier molecular flexibility index (Phi) is 5.14. The van der Waals surface area contributed by atoms with E-state index < -0.39 is 29.9 Å². The number of rotatable bonds is 5. The first-order chi connectivity index (χ1) is 8.85. The third-order valence-corrected chi connectivity index (χ3v) is 3.01. The lowest BCUT2D eigenvalue weighted by molar-refractivity contribution is -0.147. The van der Waals surface area contributed by atoms with Crippen molar-refractivity contribution in [1.29, 1.82) is 0 Å². The number of esters is 1. The number of ether oxygens (including phenoxy) is 1. The average molecular weight is 272 g/mol. The monoisotopic (exact) mass is 272 g/mol. The molecule has 0 aromatic heterocycles. The van der Waals surface area contributed by atoms with Crippen LogP contribution in [0.4, 0.5) is 4.79 Å². The van der Waals surface area contributed by atoms with E-state index in [0.29, 0.717) is 6.42 Å². The largest absolute Gasteiger partial charge is 0.481 e. The molecule has 0 saturated carbocycles. The van der Waals surface area contributed by atoms with Gasteiger partial charge in [0.25, 0.3) is 0 Å². The van der Waals surface area contributed by atoms with Crippen LogP contribution >= 0.6 is 0 Å². The summed E-state index contributed by atoms with van der Waals surface area (Å²) in [6, 6.07) is -1.12. The van der Waals surface area contributed by atoms with E-state index in [2.05, 4.69) is 10.1 Å². The van der Waals surface area contributed by atoms with Gasteiger partial charge in [-0.1, -0.05) is 13.8 Å². The number of methoxy groups -OCH3 is 1. The van der Waals surface area contributed by atoms with E-state index in [1.165, 1.54) is 12.0 Å². The highest BCUT2D eigenvalue weighted by molar-refractivity contribution is 5.85. The number of urea groups is 1. The summed E-state index contributed by atoms with van der Waals surface area (Å²) >= 11 is 0. The summed E-state index contributed by atoms with van der Waals surface area (Å²) in [6.45, 7) is 4.23. The Hall–Kier alpha value is -1.79. The molecule has 1 heterocycles. The van der Waals surface area contributed by atoms with Gasteiger partial charge in [-0.15, -0.1) is 0 Å². The number of aliphatic carboxylic acids is 1. The van der Waals surface area contributed by atoms with Crippen molar-refractivity contribution in [2.75, 3.05) is 20.2 Å². The predicted octanol–water partition coefficient (Wildman–Crippen LogP) is 0.300. The third kappa shape index (κ3) is 4.11. The number of carboxylic acid groups (broad SMARTS) is 1. The minimum absolute atomic E-state index is 0.177. The Morgan fingerprint density at radius 3 is 2.37 bits per heavy atom. The number of carboxylic acids is 1. The Bertz CT molecular complexity index is 363. The van der Waals surface area contributed by atoms with Crippen molar-refractivity contribution in [2.24, 2.45) is 11.8 Å². The van der Waals surface area contributed by atoms with E-state index in [4.69, 9.17) is 5.11 Å². The molecule has 0 bridgehead atoms. The number of hydrogen-bond acceptors (Lipinski definition) is 4. The minimum atomic E-state index is -0.907. The van der Waals surface area contributed by atoms with E-state index in [-0.39, 0.29) is 19.0 Å². The van der Waals surface area contributed by atoms with Gasteiger partial charge < -0.3 is 20.1 Å². The molecule has 1 fully saturated rings. The van der Waals surface area contributed by atoms with E-state index >= 15 is 0 Å². The van der Waals surface area contributed by atoms with Gasteiger partial charge in [0.15, 0.2) is 0 Å². The van der Waals surface area contributed by atoms with Crippen molar-refractivity contribution >= 4 is 18.0 Å². The smallest absolute Gasteiger partial charge is 0.328 e. The minimum Gasteiger partial charge on any atom is -0.481 e. The second kappa shape index (κ2) is 6.40. The fourth-order valence-electron chi connectivity index (χ4n) is 1.87. The lowest BCUT2D eigenvalue weighted by Crippen LogP contribution is -2.58. The summed E-state index contributed by atoms with van der Waals surface area (Å²) in [4.78, 5) is 35.4. The maximum atomic E-state index is 11.8. The summed E-state index contributed by atoms with van der Waals surface area (Å²) < 4.78 is 4.64. The van der Waals surface area contributed by atoms with Gasteiger partial charge in [-0.05, 0) is 12.3 Å². The normalized spacial score (nSPS) is 16.7. The summed E-state index contributed by atoms with van der Waals surface area (Å²) in [5, 5.41) is 11.3. The highest BCUT2D eigenvalue weighted by Crippen LogP contribution is 2.16. The molecule has 1 atom stereocenters. The molecule has 1 unspecified atom stereocenters. The highest BCUT2D eigenvalue weighted by atomic mass is 16.5. The lowest BCUT2D eigenvalue weighted by atomic mass is 10.0. The van der Waals surface area contributed by atoms with Gasteiger partial charge in [0.1, 0.15) is 6.04 Å². The Balaban J connectivity index is 2.48. The van der Waals surface area contributed by atoms with Crippen molar-refractivity contribution < 1.29 is 24.2 Å². The first-order valence-corrected chi connectivity index (χ1v) is 6.21. The number of amides is 2. The number of carbonyl (C=O) groups excluding carboxylic acids is 2. The molecule has 2 N–H and O–H groups in total. The van der Waals surface area contributed by atoms with E-state index in [0.717, 1.165) is 0 Å². The standard InChI is InChI=1S/C12H20N2O5/c1-7(2)4-9(11(17)19-3)13-12(18)14-5-8(6-14)10(15)16/h7-9H,4-6H2,1-3H3,(H,13,18)(H,15,16). The van der Waals surface area contributed by atoms with Gasteiger partial charge in [0.2, 0.25) is 0 Å². The predicted molar refractivity (Wildman–Crippen MR) is 66.5 cm³/mol. The highest BCUT2D eigenvalue weighted by Gasteiger charge is 2.37. The van der Waals surface area contributed by atoms with Gasteiger partial charge in [-0.25, -0.2) is 9.59 Å². The summed E-state index contributed by atoms with van der Waals surface area (Å²) in [7, 11) is 1.27. The van der Waals surface area contributed by atoms with Gasteiger partial charge in [-0.3, -0.25) is 4.79 Å². The summed E-state index contributed by atoms with van der Waals surface area (Å²) in [6.07, 6.45) is 0.481. The number of likely N-dealkylation sites (tertiary alicyclic amines) is 1. The zero-order valence-electron chi connectivity index (χ0n) is 11.4. The summed E-state index contributed by atoms with van der Waals surface area (Å²) in [5.41, 5.74) is 0. The molecule has 19 heavy (non-hydrogen) atoms. The molecule has 0 aromatic carbocycles. The van der Waals surface area contributed by atoms with Gasteiger partial charge in [0, 0.05) is 13.1 Å². The molecule has 0 aliphatic carbocycles. The van der Waals surface area contributed by atoms with Crippen LogP contribution in [0.25, 0.3) is 0 Å². The molecule has 0 radical (unpaired) electrons. The molecule has 1 aliphatic heterocycles. The second-order valence-corrected chi connectivity index (χ2v) is 5.09. The molecular weight excluding hydrogens is 252 g/mol. The van der Waals surface area contributed by atoms with Crippen molar-refractivity contribution in [2.45, 2.75) is 26.3 Å². The Morgan fingerprint density at radius 1 is 1.37 bits per heavy atom. The van der Waals surface area contributed by atoms with E-state index in [9.17, 15) is 14.4 Å². The molecule has 7 heteroatoms. The third-order valence-electron chi connectivity index (χ3n) is 3.01. The molecule has 108 valence electrons. The van der Waals surface area contributed by atoms with Gasteiger partial charge in [-0.2, -0.15) is 0 Å². The fourth-order valence-corrected chi connectivity index (χ4v) is 1.87. The maximum absolute atomic E-state index is 11.8. The van der Waals surface area contributed by atoms with Crippen molar-refractivity contribution in [3.63, 3.8) is 0 Å². The van der Waals surface area contributed by atoms with Gasteiger partial charge >= 0.3 is 18.0 Å². The van der Waals surface area contributed by atoms with Crippen LogP contribution in [0.2, 0.25) is 0 Å². The fraction of sp³-hybridized carbons (Fsp3) is 0.750. The molecule has 2 amide bonds. The maximum Gasteiger partial charge on any atom is 0.328 e. The average Bonchev–Trinajstić information content (AvgIpc) is 2.23. The number of nitrogens with one attached hydrogen (secondary N) is 1. The van der Waals surface area contributed by atoms with Gasteiger partial charge in [0.05, 0.1) is 13.0 Å². The first-order valence-electron chi connectivity index (χ1n) is 6.21. The zero-order valence-corrected chi connectivity index (χ0v) is 11.4. The van der Waals surface area contributed by atoms with Crippen LogP contribution in [0.5, 0.6) is 0 Å². The van der Waals surface area contributed by atoms with Crippen LogP contribution in [0, 0.1) is 11.8 Å².